The van der Waals surface area contributed by atoms with Crippen molar-refractivity contribution in [2.75, 3.05) is 11.1 Å². The summed E-state index contributed by atoms with van der Waals surface area (Å²) in [4.78, 5) is 12.0. The standard InChI is InChI=1S/C12H10Br2N2OS/c1-6-2-8(13)4-9(15)11(6)16-12(17)7-3-10(14)18-5-7/h2-5H,15H2,1H3,(H,16,17). The van der Waals surface area contributed by atoms with E-state index >= 15 is 0 Å². The van der Waals surface area contributed by atoms with Gasteiger partial charge in [-0.2, -0.15) is 0 Å². The minimum Gasteiger partial charge on any atom is -0.397 e. The van der Waals surface area contributed by atoms with Crippen molar-refractivity contribution in [3.63, 3.8) is 0 Å². The third-order valence-corrected chi connectivity index (χ3v) is 4.36. The zero-order chi connectivity index (χ0) is 13.3. The molecule has 0 saturated carbocycles. The van der Waals surface area contributed by atoms with Gasteiger partial charge in [-0.3, -0.25) is 4.79 Å². The van der Waals surface area contributed by atoms with Gasteiger partial charge in [0.2, 0.25) is 0 Å². The minimum atomic E-state index is -0.158. The van der Waals surface area contributed by atoms with Gasteiger partial charge in [-0.1, -0.05) is 15.9 Å². The van der Waals surface area contributed by atoms with Crippen LogP contribution in [0.4, 0.5) is 11.4 Å². The Hall–Kier alpha value is -0.850. The Morgan fingerprint density at radius 1 is 1.33 bits per heavy atom. The molecule has 2 rings (SSSR count). The monoisotopic (exact) mass is 388 g/mol. The summed E-state index contributed by atoms with van der Waals surface area (Å²) in [6.07, 6.45) is 0. The molecule has 6 heteroatoms. The SMILES string of the molecule is Cc1cc(Br)cc(N)c1NC(=O)c1csc(Br)c1. The summed E-state index contributed by atoms with van der Waals surface area (Å²) in [5.74, 6) is -0.158. The van der Waals surface area contributed by atoms with Gasteiger partial charge in [0.05, 0.1) is 20.7 Å². The van der Waals surface area contributed by atoms with E-state index in [2.05, 4.69) is 37.2 Å². The Bertz CT molecular complexity index is 587. The van der Waals surface area contributed by atoms with Crippen molar-refractivity contribution in [1.82, 2.24) is 0 Å². The molecule has 0 spiro atoms. The molecule has 0 atom stereocenters. The van der Waals surface area contributed by atoms with Crippen LogP contribution in [0.2, 0.25) is 0 Å². The van der Waals surface area contributed by atoms with Crippen molar-refractivity contribution < 1.29 is 4.79 Å². The summed E-state index contributed by atoms with van der Waals surface area (Å²) in [5.41, 5.74) is 8.65. The fourth-order valence-corrected chi connectivity index (χ4v) is 3.28. The maximum atomic E-state index is 12.0. The number of amides is 1. The van der Waals surface area contributed by atoms with Crippen LogP contribution in [-0.2, 0) is 0 Å². The van der Waals surface area contributed by atoms with E-state index in [0.29, 0.717) is 16.9 Å². The fraction of sp³-hybridized carbons (Fsp3) is 0.0833. The van der Waals surface area contributed by atoms with Crippen LogP contribution < -0.4 is 11.1 Å². The molecule has 0 aliphatic rings. The molecule has 0 saturated heterocycles. The second-order valence-corrected chi connectivity index (χ2v) is 6.99. The number of rotatable bonds is 2. The lowest BCUT2D eigenvalue weighted by Gasteiger charge is -2.11. The molecule has 1 aromatic heterocycles. The van der Waals surface area contributed by atoms with Gasteiger partial charge in [0.25, 0.3) is 5.91 Å². The number of hydrogen-bond acceptors (Lipinski definition) is 3. The zero-order valence-electron chi connectivity index (χ0n) is 9.46. The number of anilines is 2. The molecule has 2 aromatic rings. The summed E-state index contributed by atoms with van der Waals surface area (Å²) in [6.45, 7) is 1.90. The first-order valence-corrected chi connectivity index (χ1v) is 7.55. The molecule has 94 valence electrons. The van der Waals surface area contributed by atoms with Gasteiger partial charge in [-0.15, -0.1) is 11.3 Å². The van der Waals surface area contributed by atoms with Crippen LogP contribution in [0.25, 0.3) is 0 Å². The maximum Gasteiger partial charge on any atom is 0.256 e. The number of benzene rings is 1. The van der Waals surface area contributed by atoms with Gasteiger partial charge in [0.1, 0.15) is 0 Å². The molecular formula is C12H10Br2N2OS. The molecule has 0 radical (unpaired) electrons. The van der Waals surface area contributed by atoms with E-state index in [1.165, 1.54) is 11.3 Å². The summed E-state index contributed by atoms with van der Waals surface area (Å²) >= 11 is 8.17. The van der Waals surface area contributed by atoms with Gasteiger partial charge in [-0.05, 0) is 46.6 Å². The highest BCUT2D eigenvalue weighted by Gasteiger charge is 2.12. The minimum absolute atomic E-state index is 0.158. The van der Waals surface area contributed by atoms with Crippen LogP contribution in [0.5, 0.6) is 0 Å². The second kappa shape index (κ2) is 5.42. The van der Waals surface area contributed by atoms with E-state index in [-0.39, 0.29) is 5.91 Å². The average molecular weight is 390 g/mol. The highest BCUT2D eigenvalue weighted by atomic mass is 79.9. The van der Waals surface area contributed by atoms with Gasteiger partial charge in [0, 0.05) is 9.85 Å². The van der Waals surface area contributed by atoms with Crippen molar-refractivity contribution in [2.45, 2.75) is 6.92 Å². The van der Waals surface area contributed by atoms with Crippen LogP contribution in [0.1, 0.15) is 15.9 Å². The molecule has 0 fully saturated rings. The van der Waals surface area contributed by atoms with Crippen LogP contribution >= 0.6 is 43.2 Å². The summed E-state index contributed by atoms with van der Waals surface area (Å²) < 4.78 is 1.82. The molecule has 0 aliphatic heterocycles. The normalized spacial score (nSPS) is 10.4. The number of aryl methyl sites for hydroxylation is 1. The summed E-state index contributed by atoms with van der Waals surface area (Å²) in [5, 5.41) is 4.63. The molecule has 0 aliphatic carbocycles. The van der Waals surface area contributed by atoms with E-state index in [1.807, 2.05) is 13.0 Å². The largest absolute Gasteiger partial charge is 0.397 e. The first-order valence-electron chi connectivity index (χ1n) is 5.08. The predicted octanol–water partition coefficient (Wildman–Crippen LogP) is 4.42. The predicted molar refractivity (Wildman–Crippen MR) is 83.3 cm³/mol. The lowest BCUT2D eigenvalue weighted by atomic mass is 10.1. The quantitative estimate of drug-likeness (QED) is 0.747. The highest BCUT2D eigenvalue weighted by molar-refractivity contribution is 9.11. The smallest absolute Gasteiger partial charge is 0.256 e. The number of thiophene rings is 1. The van der Waals surface area contributed by atoms with E-state index in [4.69, 9.17) is 5.73 Å². The number of hydrogen-bond donors (Lipinski definition) is 2. The number of nitrogen functional groups attached to an aromatic ring is 1. The van der Waals surface area contributed by atoms with E-state index < -0.39 is 0 Å². The van der Waals surface area contributed by atoms with Crippen LogP contribution in [-0.4, -0.2) is 5.91 Å². The molecular weight excluding hydrogens is 380 g/mol. The van der Waals surface area contributed by atoms with E-state index in [0.717, 1.165) is 13.8 Å². The fourth-order valence-electron chi connectivity index (χ4n) is 1.55. The maximum absolute atomic E-state index is 12.0. The Morgan fingerprint density at radius 3 is 2.61 bits per heavy atom. The zero-order valence-corrected chi connectivity index (χ0v) is 13.4. The third-order valence-electron chi connectivity index (χ3n) is 2.40. The molecule has 18 heavy (non-hydrogen) atoms. The molecule has 0 bridgehead atoms. The number of halogens is 2. The van der Waals surface area contributed by atoms with Gasteiger partial charge in [0.15, 0.2) is 0 Å². The van der Waals surface area contributed by atoms with Crippen molar-refractivity contribution in [2.24, 2.45) is 0 Å². The first kappa shape index (κ1) is 13.6. The number of carbonyl (C=O) groups is 1. The van der Waals surface area contributed by atoms with Crippen molar-refractivity contribution in [3.05, 3.63) is 43.0 Å². The van der Waals surface area contributed by atoms with Gasteiger partial charge in [-0.25, -0.2) is 0 Å². The topological polar surface area (TPSA) is 55.1 Å². The van der Waals surface area contributed by atoms with Crippen molar-refractivity contribution >= 4 is 60.5 Å². The molecule has 1 aromatic carbocycles. The average Bonchev–Trinajstić information content (AvgIpc) is 2.70. The Labute approximate surface area is 126 Å². The number of carbonyl (C=O) groups excluding carboxylic acids is 1. The molecule has 0 unspecified atom stereocenters. The van der Waals surface area contributed by atoms with Gasteiger partial charge < -0.3 is 11.1 Å². The Kier molecular flexibility index (Phi) is 4.09. The van der Waals surface area contributed by atoms with Gasteiger partial charge >= 0.3 is 0 Å². The van der Waals surface area contributed by atoms with Crippen LogP contribution in [0, 0.1) is 6.92 Å². The summed E-state index contributed by atoms with van der Waals surface area (Å²) in [7, 11) is 0. The molecule has 3 N–H and O–H groups in total. The second-order valence-electron chi connectivity index (χ2n) is 3.78. The van der Waals surface area contributed by atoms with E-state index in [1.54, 1.807) is 17.5 Å². The number of nitrogens with two attached hydrogens (primary N) is 1. The lowest BCUT2D eigenvalue weighted by molar-refractivity contribution is 0.102. The number of nitrogens with one attached hydrogen (secondary N) is 1. The first-order chi connectivity index (χ1) is 8.47. The van der Waals surface area contributed by atoms with Crippen LogP contribution in [0.3, 0.4) is 0 Å². The molecule has 3 nitrogen and oxygen atoms in total. The van der Waals surface area contributed by atoms with Crippen LogP contribution in [0.15, 0.2) is 31.8 Å². The third kappa shape index (κ3) is 2.93. The van der Waals surface area contributed by atoms with E-state index in [9.17, 15) is 4.79 Å². The highest BCUT2D eigenvalue weighted by Crippen LogP contribution is 2.29. The molecule has 1 amide bonds. The Balaban J connectivity index is 2.27. The van der Waals surface area contributed by atoms with Crippen molar-refractivity contribution in [1.29, 1.82) is 0 Å². The molecule has 1 heterocycles. The lowest BCUT2D eigenvalue weighted by Crippen LogP contribution is -2.13. The summed E-state index contributed by atoms with van der Waals surface area (Å²) in [6, 6.07) is 5.46. The Morgan fingerprint density at radius 2 is 2.06 bits per heavy atom. The van der Waals surface area contributed by atoms with Crippen molar-refractivity contribution in [3.8, 4) is 0 Å².